The Kier molecular flexibility index (Phi) is 3.67. The number of likely N-dealkylation sites (N-methyl/N-ethyl adjacent to an activating group) is 1. The average Bonchev–Trinajstić information content (AvgIpc) is 2.80. The van der Waals surface area contributed by atoms with E-state index in [2.05, 4.69) is 17.4 Å². The Morgan fingerprint density at radius 2 is 1.89 bits per heavy atom. The van der Waals surface area contributed by atoms with Crippen LogP contribution in [-0.4, -0.2) is 54.0 Å². The second-order valence-electron chi connectivity index (χ2n) is 6.69. The first-order valence-electron chi connectivity index (χ1n) is 6.83. The summed E-state index contributed by atoms with van der Waals surface area (Å²) in [5.41, 5.74) is 2.55. The van der Waals surface area contributed by atoms with Gasteiger partial charge in [-0.25, -0.2) is 5.43 Å². The molecule has 2 rings (SSSR count). The maximum absolute atomic E-state index is 12.6. The molecule has 2 fully saturated rings. The zero-order valence-electron chi connectivity index (χ0n) is 11.9. The van der Waals surface area contributed by atoms with Gasteiger partial charge in [-0.3, -0.25) is 10.6 Å². The average molecular weight is 254 g/mol. The molecule has 18 heavy (non-hydrogen) atoms. The van der Waals surface area contributed by atoms with E-state index < -0.39 is 0 Å². The van der Waals surface area contributed by atoms with Crippen LogP contribution in [-0.2, 0) is 4.79 Å². The van der Waals surface area contributed by atoms with Crippen LogP contribution in [0, 0.1) is 5.41 Å². The molecule has 0 aliphatic carbocycles. The Morgan fingerprint density at radius 1 is 1.28 bits per heavy atom. The number of carbonyl (C=O) groups is 1. The van der Waals surface area contributed by atoms with Crippen molar-refractivity contribution >= 4 is 5.91 Å². The molecule has 2 saturated heterocycles. The van der Waals surface area contributed by atoms with Gasteiger partial charge < -0.3 is 9.80 Å². The van der Waals surface area contributed by atoms with Crippen molar-refractivity contribution < 1.29 is 4.79 Å². The molecule has 0 radical (unpaired) electrons. The van der Waals surface area contributed by atoms with Crippen LogP contribution in [0.5, 0.6) is 0 Å². The number of rotatable bonds is 2. The van der Waals surface area contributed by atoms with Crippen LogP contribution in [0.4, 0.5) is 0 Å². The predicted octanol–water partition coefficient (Wildman–Crippen LogP) is 0.169. The monoisotopic (exact) mass is 254 g/mol. The Labute approximate surface area is 110 Å². The van der Waals surface area contributed by atoms with Gasteiger partial charge >= 0.3 is 0 Å². The van der Waals surface area contributed by atoms with Crippen LogP contribution in [0.3, 0.4) is 0 Å². The maximum atomic E-state index is 12.6. The summed E-state index contributed by atoms with van der Waals surface area (Å²) in [5.74, 6) is 5.74. The van der Waals surface area contributed by atoms with Gasteiger partial charge in [-0.05, 0) is 25.3 Å². The molecule has 0 saturated carbocycles. The fourth-order valence-corrected chi connectivity index (χ4v) is 3.33. The molecule has 3 atom stereocenters. The molecular formula is C13H26N4O. The van der Waals surface area contributed by atoms with E-state index in [0.29, 0.717) is 12.1 Å². The Bertz CT molecular complexity index is 325. The second kappa shape index (κ2) is 4.79. The summed E-state index contributed by atoms with van der Waals surface area (Å²) in [5, 5.41) is 0. The molecule has 1 amide bonds. The lowest BCUT2D eigenvalue weighted by atomic mass is 9.86. The number of hydrogen-bond donors (Lipinski definition) is 2. The normalized spacial score (nSPS) is 30.6. The summed E-state index contributed by atoms with van der Waals surface area (Å²) < 4.78 is 0. The molecule has 3 N–H and O–H groups in total. The van der Waals surface area contributed by atoms with E-state index in [1.165, 1.54) is 0 Å². The van der Waals surface area contributed by atoms with Gasteiger partial charge in [-0.2, -0.15) is 0 Å². The second-order valence-corrected chi connectivity index (χ2v) is 6.69. The summed E-state index contributed by atoms with van der Waals surface area (Å²) >= 11 is 0. The first kappa shape index (κ1) is 13.8. The molecule has 2 aliphatic rings. The Balaban J connectivity index is 2.10. The van der Waals surface area contributed by atoms with Gasteiger partial charge in [0.2, 0.25) is 5.91 Å². The number of nitrogens with one attached hydrogen (secondary N) is 1. The van der Waals surface area contributed by atoms with Crippen LogP contribution in [0.25, 0.3) is 0 Å². The number of hydrogen-bond acceptors (Lipinski definition) is 4. The van der Waals surface area contributed by atoms with Crippen LogP contribution >= 0.6 is 0 Å². The molecule has 0 aromatic heterocycles. The van der Waals surface area contributed by atoms with Gasteiger partial charge in [0.1, 0.15) is 6.04 Å². The zero-order valence-corrected chi connectivity index (χ0v) is 11.9. The molecule has 0 bridgehead atoms. The van der Waals surface area contributed by atoms with Gasteiger partial charge in [0.25, 0.3) is 0 Å². The van der Waals surface area contributed by atoms with Crippen LogP contribution < -0.4 is 11.3 Å². The minimum atomic E-state index is -0.304. The summed E-state index contributed by atoms with van der Waals surface area (Å²) in [6.07, 6.45) is 2.18. The molecule has 2 heterocycles. The minimum Gasteiger partial charge on any atom is -0.337 e. The van der Waals surface area contributed by atoms with E-state index in [9.17, 15) is 4.79 Å². The lowest BCUT2D eigenvalue weighted by molar-refractivity contribution is -0.137. The summed E-state index contributed by atoms with van der Waals surface area (Å²) in [4.78, 5) is 17.1. The van der Waals surface area contributed by atoms with Gasteiger partial charge in [0, 0.05) is 25.2 Å². The number of likely N-dealkylation sites (tertiary alicyclic amines) is 2. The van der Waals surface area contributed by atoms with Crippen LogP contribution in [0.15, 0.2) is 0 Å². The van der Waals surface area contributed by atoms with Crippen molar-refractivity contribution in [1.82, 2.24) is 15.2 Å². The molecule has 104 valence electrons. The van der Waals surface area contributed by atoms with Gasteiger partial charge in [-0.1, -0.05) is 20.8 Å². The molecule has 2 aliphatic heterocycles. The standard InChI is InChI=1S/C13H26N4O/c1-13(2,3)11(15-14)12(18)17-8-6-9-10(17)5-7-16(9)4/h9-11,15H,5-8,14H2,1-4H3/t9-,10-,11?/m1/s1. The highest BCUT2D eigenvalue weighted by Gasteiger charge is 2.45. The number of nitrogens with two attached hydrogens (primary N) is 1. The molecule has 0 aromatic carbocycles. The summed E-state index contributed by atoms with van der Waals surface area (Å²) in [6.45, 7) is 8.10. The molecule has 5 nitrogen and oxygen atoms in total. The minimum absolute atomic E-state index is 0.158. The van der Waals surface area contributed by atoms with E-state index in [1.807, 2.05) is 25.7 Å². The number of amides is 1. The first-order valence-corrected chi connectivity index (χ1v) is 6.83. The zero-order chi connectivity index (χ0) is 13.5. The number of fused-ring (bicyclic) bond motifs is 1. The Hall–Kier alpha value is -0.650. The van der Waals surface area contributed by atoms with Crippen molar-refractivity contribution in [2.75, 3.05) is 20.1 Å². The van der Waals surface area contributed by atoms with Gasteiger partial charge in [0.05, 0.1) is 0 Å². The lowest BCUT2D eigenvalue weighted by Crippen LogP contribution is -2.56. The van der Waals surface area contributed by atoms with Gasteiger partial charge in [0.15, 0.2) is 0 Å². The van der Waals surface area contributed by atoms with Crippen molar-refractivity contribution in [3.63, 3.8) is 0 Å². The summed E-state index contributed by atoms with van der Waals surface area (Å²) in [6, 6.07) is 0.634. The third-order valence-corrected chi connectivity index (χ3v) is 4.42. The van der Waals surface area contributed by atoms with Crippen LogP contribution in [0.1, 0.15) is 33.6 Å². The highest BCUT2D eigenvalue weighted by molar-refractivity contribution is 5.83. The maximum Gasteiger partial charge on any atom is 0.241 e. The molecular weight excluding hydrogens is 228 g/mol. The lowest BCUT2D eigenvalue weighted by Gasteiger charge is -2.34. The first-order chi connectivity index (χ1) is 8.36. The number of nitrogens with zero attached hydrogens (tertiary/aromatic N) is 2. The molecule has 5 heteroatoms. The Morgan fingerprint density at radius 3 is 2.44 bits per heavy atom. The van der Waals surface area contributed by atoms with Crippen LogP contribution in [0.2, 0.25) is 0 Å². The van der Waals surface area contributed by atoms with E-state index in [1.54, 1.807) is 0 Å². The molecule has 0 spiro atoms. The molecule has 1 unspecified atom stereocenters. The largest absolute Gasteiger partial charge is 0.337 e. The van der Waals surface area contributed by atoms with E-state index in [4.69, 9.17) is 5.84 Å². The highest BCUT2D eigenvalue weighted by atomic mass is 16.2. The van der Waals surface area contributed by atoms with Crippen molar-refractivity contribution in [1.29, 1.82) is 0 Å². The number of hydrazine groups is 1. The molecule has 0 aromatic rings. The van der Waals surface area contributed by atoms with E-state index >= 15 is 0 Å². The van der Waals surface area contributed by atoms with Crippen molar-refractivity contribution in [2.45, 2.75) is 51.7 Å². The number of carbonyl (C=O) groups excluding carboxylic acids is 1. The highest BCUT2D eigenvalue weighted by Crippen LogP contribution is 2.32. The topological polar surface area (TPSA) is 61.6 Å². The SMILES string of the molecule is CN1CC[C@@H]2[C@H]1CCN2C(=O)C(NN)C(C)(C)C. The van der Waals surface area contributed by atoms with Gasteiger partial charge in [-0.15, -0.1) is 0 Å². The van der Waals surface area contributed by atoms with Crippen molar-refractivity contribution in [3.05, 3.63) is 0 Å². The quantitative estimate of drug-likeness (QED) is 0.545. The van der Waals surface area contributed by atoms with Crippen molar-refractivity contribution in [3.8, 4) is 0 Å². The van der Waals surface area contributed by atoms with E-state index in [0.717, 1.165) is 25.9 Å². The smallest absolute Gasteiger partial charge is 0.241 e. The van der Waals surface area contributed by atoms with E-state index in [-0.39, 0.29) is 17.4 Å². The van der Waals surface area contributed by atoms with Crippen molar-refractivity contribution in [2.24, 2.45) is 11.3 Å². The summed E-state index contributed by atoms with van der Waals surface area (Å²) in [7, 11) is 2.15. The fraction of sp³-hybridized carbons (Fsp3) is 0.923. The predicted molar refractivity (Wildman–Crippen MR) is 71.7 cm³/mol. The fourth-order valence-electron chi connectivity index (χ4n) is 3.33. The third-order valence-electron chi connectivity index (χ3n) is 4.42. The third kappa shape index (κ3) is 2.27.